The summed E-state index contributed by atoms with van der Waals surface area (Å²) in [7, 11) is 0. The molecule has 2 rings (SSSR count). The molecule has 1 atom stereocenters. The monoisotopic (exact) mass is 389 g/mol. The lowest BCUT2D eigenvalue weighted by atomic mass is 10.0. The van der Waals surface area contributed by atoms with Crippen LogP contribution in [0.15, 0.2) is 6.20 Å². The quantitative estimate of drug-likeness (QED) is 0.250. The van der Waals surface area contributed by atoms with Crippen LogP contribution in [0.25, 0.3) is 0 Å². The molecule has 0 bridgehead atoms. The molecule has 1 aliphatic rings. The first-order valence-corrected chi connectivity index (χ1v) is 12.8. The zero-order chi connectivity index (χ0) is 19.9. The van der Waals surface area contributed by atoms with Crippen LogP contribution >= 0.6 is 0 Å². The Labute approximate surface area is 175 Å². The van der Waals surface area contributed by atoms with Crippen LogP contribution in [0.4, 0.5) is 0 Å². The van der Waals surface area contributed by atoms with E-state index in [4.69, 9.17) is 0 Å². The first-order valence-electron chi connectivity index (χ1n) is 12.8. The van der Waals surface area contributed by atoms with Gasteiger partial charge in [0, 0.05) is 12.1 Å². The van der Waals surface area contributed by atoms with Crippen molar-refractivity contribution in [1.29, 1.82) is 0 Å². The number of hydrogen-bond donors (Lipinski definition) is 0. The average Bonchev–Trinajstić information content (AvgIpc) is 3.40. The predicted molar refractivity (Wildman–Crippen MR) is 121 cm³/mol. The Hall–Kier alpha value is -0.860. The first kappa shape index (κ1) is 23.4. The van der Waals surface area contributed by atoms with Gasteiger partial charge in [0.25, 0.3) is 0 Å². The van der Waals surface area contributed by atoms with Gasteiger partial charge in [-0.3, -0.25) is 0 Å². The predicted octanol–water partition coefficient (Wildman–Crippen LogP) is 8.37. The van der Waals surface area contributed by atoms with E-state index < -0.39 is 0 Å². The Morgan fingerprint density at radius 2 is 1.29 bits per heavy atom. The van der Waals surface area contributed by atoms with E-state index in [9.17, 15) is 0 Å². The molecule has 1 aliphatic carbocycles. The normalized spacial score (nSPS) is 16.1. The van der Waals surface area contributed by atoms with E-state index in [1.54, 1.807) is 0 Å². The molecule has 0 N–H and O–H groups in total. The standard InChI is InChI=1S/C25H47N3/c1-3-5-7-8-9-10-11-12-13-15-21-24(20-14-6-4-2)28-22-25(26-27-28)23-18-16-17-19-23/h22-24H,3-21H2,1-2H3. The minimum Gasteiger partial charge on any atom is -0.249 e. The van der Waals surface area contributed by atoms with Gasteiger partial charge in [0.05, 0.1) is 11.7 Å². The van der Waals surface area contributed by atoms with Gasteiger partial charge in [0.15, 0.2) is 0 Å². The molecule has 28 heavy (non-hydrogen) atoms. The van der Waals surface area contributed by atoms with Gasteiger partial charge in [-0.05, 0) is 25.7 Å². The Kier molecular flexibility index (Phi) is 12.6. The summed E-state index contributed by atoms with van der Waals surface area (Å²) < 4.78 is 2.23. The molecule has 0 aromatic carbocycles. The second-order valence-electron chi connectivity index (χ2n) is 9.23. The van der Waals surface area contributed by atoms with Crippen molar-refractivity contribution >= 4 is 0 Å². The minimum absolute atomic E-state index is 0.572. The molecule has 1 aromatic rings. The largest absolute Gasteiger partial charge is 0.249 e. The maximum Gasteiger partial charge on any atom is 0.0858 e. The lowest BCUT2D eigenvalue weighted by Gasteiger charge is -2.17. The third-order valence-corrected chi connectivity index (χ3v) is 6.71. The summed E-state index contributed by atoms with van der Waals surface area (Å²) in [6.45, 7) is 4.59. The fraction of sp³-hybridized carbons (Fsp3) is 0.920. The summed E-state index contributed by atoms with van der Waals surface area (Å²) in [5.74, 6) is 0.683. The van der Waals surface area contributed by atoms with Gasteiger partial charge >= 0.3 is 0 Å². The van der Waals surface area contributed by atoms with Gasteiger partial charge in [-0.15, -0.1) is 5.10 Å². The van der Waals surface area contributed by atoms with E-state index in [-0.39, 0.29) is 0 Å². The Bertz CT molecular complexity index is 476. The van der Waals surface area contributed by atoms with Crippen molar-refractivity contribution in [3.63, 3.8) is 0 Å². The molecule has 3 heteroatoms. The Morgan fingerprint density at radius 3 is 1.89 bits per heavy atom. The number of aromatic nitrogens is 3. The highest BCUT2D eigenvalue weighted by Gasteiger charge is 2.21. The molecule has 1 saturated carbocycles. The molecule has 0 saturated heterocycles. The SMILES string of the molecule is CCCCCCCCCCCCC(CCCCC)n1cc(C2CCCC2)nn1. The lowest BCUT2D eigenvalue weighted by Crippen LogP contribution is -2.10. The first-order chi connectivity index (χ1) is 13.8. The lowest BCUT2D eigenvalue weighted by molar-refractivity contribution is 0.362. The van der Waals surface area contributed by atoms with Gasteiger partial charge in [-0.2, -0.15) is 0 Å². The van der Waals surface area contributed by atoms with E-state index in [0.717, 1.165) is 0 Å². The van der Waals surface area contributed by atoms with Crippen LogP contribution in [0.1, 0.15) is 153 Å². The molecule has 1 heterocycles. The third-order valence-electron chi connectivity index (χ3n) is 6.71. The third kappa shape index (κ3) is 9.09. The van der Waals surface area contributed by atoms with Crippen molar-refractivity contribution in [3.8, 4) is 0 Å². The van der Waals surface area contributed by atoms with E-state index in [1.807, 2.05) is 0 Å². The molecule has 0 amide bonds. The van der Waals surface area contributed by atoms with Gasteiger partial charge in [0.1, 0.15) is 0 Å². The topological polar surface area (TPSA) is 30.7 Å². The molecule has 0 aliphatic heterocycles. The van der Waals surface area contributed by atoms with Crippen LogP contribution in [0.2, 0.25) is 0 Å². The van der Waals surface area contributed by atoms with Crippen LogP contribution in [0.5, 0.6) is 0 Å². The molecule has 3 nitrogen and oxygen atoms in total. The number of nitrogens with zero attached hydrogens (tertiary/aromatic N) is 3. The molecular formula is C25H47N3. The molecule has 1 unspecified atom stereocenters. The number of hydrogen-bond acceptors (Lipinski definition) is 2. The van der Waals surface area contributed by atoms with Crippen molar-refractivity contribution in [2.75, 3.05) is 0 Å². The zero-order valence-electron chi connectivity index (χ0n) is 19.0. The van der Waals surface area contributed by atoms with Gasteiger partial charge < -0.3 is 0 Å². The summed E-state index contributed by atoms with van der Waals surface area (Å²) >= 11 is 0. The van der Waals surface area contributed by atoms with Crippen LogP contribution in [-0.2, 0) is 0 Å². The zero-order valence-corrected chi connectivity index (χ0v) is 19.0. The van der Waals surface area contributed by atoms with Crippen LogP contribution in [0.3, 0.4) is 0 Å². The second kappa shape index (κ2) is 15.0. The smallest absolute Gasteiger partial charge is 0.0858 e. The number of unbranched alkanes of at least 4 members (excludes halogenated alkanes) is 11. The molecule has 0 spiro atoms. The highest BCUT2D eigenvalue weighted by Crippen LogP contribution is 2.33. The fourth-order valence-electron chi connectivity index (χ4n) is 4.78. The average molecular weight is 390 g/mol. The summed E-state index contributed by atoms with van der Waals surface area (Å²) in [4.78, 5) is 0. The molecule has 1 aromatic heterocycles. The van der Waals surface area contributed by atoms with Crippen molar-refractivity contribution < 1.29 is 0 Å². The fourth-order valence-corrected chi connectivity index (χ4v) is 4.78. The summed E-state index contributed by atoms with van der Waals surface area (Å²) in [6, 6.07) is 0.572. The Balaban J connectivity index is 1.66. The van der Waals surface area contributed by atoms with Gasteiger partial charge in [0.2, 0.25) is 0 Å². The highest BCUT2D eigenvalue weighted by molar-refractivity contribution is 5.04. The summed E-state index contributed by atoms with van der Waals surface area (Å²) in [5, 5.41) is 9.13. The van der Waals surface area contributed by atoms with Crippen molar-refractivity contribution in [3.05, 3.63) is 11.9 Å². The molecule has 0 radical (unpaired) electrons. The minimum atomic E-state index is 0.572. The summed E-state index contributed by atoms with van der Waals surface area (Å²) in [6.07, 6.45) is 28.4. The maximum atomic E-state index is 4.57. The second-order valence-corrected chi connectivity index (χ2v) is 9.23. The molecule has 1 fully saturated rings. The maximum absolute atomic E-state index is 4.57. The Morgan fingerprint density at radius 1 is 0.786 bits per heavy atom. The van der Waals surface area contributed by atoms with Gasteiger partial charge in [-0.25, -0.2) is 4.68 Å². The van der Waals surface area contributed by atoms with Crippen molar-refractivity contribution in [2.24, 2.45) is 0 Å². The summed E-state index contributed by atoms with van der Waals surface area (Å²) in [5.41, 5.74) is 1.26. The highest BCUT2D eigenvalue weighted by atomic mass is 15.4. The van der Waals surface area contributed by atoms with E-state index in [0.29, 0.717) is 12.0 Å². The van der Waals surface area contributed by atoms with E-state index in [2.05, 4.69) is 35.0 Å². The van der Waals surface area contributed by atoms with Crippen LogP contribution in [0, 0.1) is 0 Å². The number of rotatable bonds is 17. The van der Waals surface area contributed by atoms with Crippen LogP contribution in [-0.4, -0.2) is 15.0 Å². The molecular weight excluding hydrogens is 342 g/mol. The van der Waals surface area contributed by atoms with E-state index >= 15 is 0 Å². The van der Waals surface area contributed by atoms with Crippen LogP contribution < -0.4 is 0 Å². The van der Waals surface area contributed by atoms with E-state index in [1.165, 1.54) is 128 Å². The molecule has 162 valence electrons. The van der Waals surface area contributed by atoms with Crippen molar-refractivity contribution in [1.82, 2.24) is 15.0 Å². The van der Waals surface area contributed by atoms with Gasteiger partial charge in [-0.1, -0.05) is 115 Å². The van der Waals surface area contributed by atoms with Crippen molar-refractivity contribution in [2.45, 2.75) is 148 Å².